The molecule has 0 radical (unpaired) electrons. The summed E-state index contributed by atoms with van der Waals surface area (Å²) in [5.41, 5.74) is 7.30. The van der Waals surface area contributed by atoms with Crippen molar-refractivity contribution in [3.63, 3.8) is 0 Å². The normalized spacial score (nSPS) is 13.5. The summed E-state index contributed by atoms with van der Waals surface area (Å²) in [5.74, 6) is -0.253. The number of allylic oxidation sites excluding steroid dienone is 1. The number of amides is 1. The van der Waals surface area contributed by atoms with Crippen LogP contribution in [-0.2, 0) is 33.2 Å². The van der Waals surface area contributed by atoms with Crippen LogP contribution in [0.5, 0.6) is 0 Å². The third kappa shape index (κ3) is 13.2. The molecule has 4 rings (SSSR count). The minimum absolute atomic E-state index is 0.0422. The van der Waals surface area contributed by atoms with Crippen molar-refractivity contribution in [3.8, 4) is 11.1 Å². The van der Waals surface area contributed by atoms with Gasteiger partial charge in [0, 0.05) is 19.1 Å². The summed E-state index contributed by atoms with van der Waals surface area (Å²) in [6, 6.07) is 16.6. The lowest BCUT2D eigenvalue weighted by Gasteiger charge is -2.20. The maximum Gasteiger partial charge on any atom is 0.407 e. The van der Waals surface area contributed by atoms with Gasteiger partial charge >= 0.3 is 12.1 Å². The Kier molecular flexibility index (Phi) is 16.3. The molecule has 0 aromatic heterocycles. The largest absolute Gasteiger partial charge is 0.463 e. The van der Waals surface area contributed by atoms with Crippen LogP contribution in [0.1, 0.15) is 77.3 Å². The number of esters is 1. The van der Waals surface area contributed by atoms with Gasteiger partial charge in [-0.1, -0.05) is 61.0 Å². The molecule has 2 aromatic rings. The van der Waals surface area contributed by atoms with Gasteiger partial charge in [-0.05, 0) is 81.2 Å². The maximum atomic E-state index is 12.1. The monoisotopic (exact) mass is 639 g/mol. The lowest BCUT2D eigenvalue weighted by Crippen LogP contribution is -2.34. The average molecular weight is 640 g/mol. The van der Waals surface area contributed by atoms with E-state index in [1.54, 1.807) is 0 Å². The molecule has 0 aliphatic heterocycles. The van der Waals surface area contributed by atoms with Gasteiger partial charge in [0.1, 0.15) is 18.8 Å². The third-order valence-electron chi connectivity index (χ3n) is 7.48. The van der Waals surface area contributed by atoms with Crippen molar-refractivity contribution < 1.29 is 38.0 Å². The van der Waals surface area contributed by atoms with E-state index in [-0.39, 0.29) is 18.5 Å². The van der Waals surface area contributed by atoms with Crippen LogP contribution < -0.4 is 5.32 Å². The minimum Gasteiger partial charge on any atom is -0.463 e. The third-order valence-corrected chi connectivity index (χ3v) is 7.48. The topological polar surface area (TPSA) is 102 Å². The summed E-state index contributed by atoms with van der Waals surface area (Å²) >= 11 is 0. The van der Waals surface area contributed by atoms with E-state index < -0.39 is 11.7 Å². The summed E-state index contributed by atoms with van der Waals surface area (Å²) in [7, 11) is 0. The first-order valence-corrected chi connectivity index (χ1v) is 16.5. The predicted octanol–water partition coefficient (Wildman–Crippen LogP) is 6.83. The number of hydrogen-bond donors (Lipinski definition) is 1. The molecule has 0 heterocycles. The summed E-state index contributed by atoms with van der Waals surface area (Å²) in [4.78, 5) is 23.3. The summed E-state index contributed by atoms with van der Waals surface area (Å²) in [6.45, 7) is 14.3. The Morgan fingerprint density at radius 3 is 1.91 bits per heavy atom. The van der Waals surface area contributed by atoms with Gasteiger partial charge in [-0.25, -0.2) is 9.59 Å². The molecule has 0 atom stereocenters. The van der Waals surface area contributed by atoms with Crippen LogP contribution in [0.4, 0.5) is 4.79 Å². The van der Waals surface area contributed by atoms with Crippen molar-refractivity contribution in [2.45, 2.75) is 71.8 Å². The van der Waals surface area contributed by atoms with Gasteiger partial charge in [0.25, 0.3) is 0 Å². The molecule has 9 heteroatoms. The molecule has 1 saturated carbocycles. The fraction of sp³-hybridized carbons (Fsp3) is 0.568. The van der Waals surface area contributed by atoms with Gasteiger partial charge in [0.2, 0.25) is 0 Å². The molecule has 1 fully saturated rings. The highest BCUT2D eigenvalue weighted by atomic mass is 16.6. The summed E-state index contributed by atoms with van der Waals surface area (Å²) < 4.78 is 32.1. The van der Waals surface area contributed by atoms with Crippen LogP contribution in [0.25, 0.3) is 11.1 Å². The molecule has 0 bridgehead atoms. The zero-order valence-electron chi connectivity index (χ0n) is 28.4. The standard InChI is InChI=1S/C25H28O4.C12H25NO4/c1-18(19-7-6-8-19)15-27-13-14-28-17-25(26)29-16-24-22-11-4-2-9-20(22)21-10-3-5-12-23(21)24;1-5-7-15-9-10-16-8-6-13-11(14)17-12(2,3)4/h2-5,9-12,24H,6-8,13-17H2,1H3;5-10H2,1-4H3,(H,13,14). The number of hydrogen-bond acceptors (Lipinski definition) is 8. The van der Waals surface area contributed by atoms with Crippen LogP contribution in [0, 0.1) is 0 Å². The van der Waals surface area contributed by atoms with Crippen LogP contribution in [-0.4, -0.2) is 83.7 Å². The van der Waals surface area contributed by atoms with Gasteiger partial charge in [-0.2, -0.15) is 0 Å². The Hall–Kier alpha value is -3.24. The highest BCUT2D eigenvalue weighted by Gasteiger charge is 2.29. The Bertz CT molecular complexity index is 1200. The number of alkyl carbamates (subject to hydrolysis) is 1. The second-order valence-corrected chi connectivity index (χ2v) is 12.4. The smallest absolute Gasteiger partial charge is 0.407 e. The number of benzene rings is 2. The predicted molar refractivity (Wildman–Crippen MR) is 179 cm³/mol. The number of carbonyl (C=O) groups excluding carboxylic acids is 2. The lowest BCUT2D eigenvalue weighted by molar-refractivity contribution is -0.149. The molecular formula is C37H53NO8. The molecule has 2 aromatic carbocycles. The Morgan fingerprint density at radius 1 is 0.783 bits per heavy atom. The van der Waals surface area contributed by atoms with Crippen LogP contribution in [0.2, 0.25) is 0 Å². The number of fused-ring (bicyclic) bond motifs is 3. The number of nitrogens with one attached hydrogen (secondary N) is 1. The first kappa shape index (κ1) is 37.2. The second kappa shape index (κ2) is 20.1. The highest BCUT2D eigenvalue weighted by Crippen LogP contribution is 2.44. The zero-order chi connectivity index (χ0) is 33.2. The molecule has 46 heavy (non-hydrogen) atoms. The van der Waals surface area contributed by atoms with E-state index in [4.69, 9.17) is 28.4 Å². The van der Waals surface area contributed by atoms with Crippen molar-refractivity contribution in [2.24, 2.45) is 0 Å². The van der Waals surface area contributed by atoms with E-state index in [0.29, 0.717) is 52.8 Å². The van der Waals surface area contributed by atoms with Crippen molar-refractivity contribution in [3.05, 3.63) is 70.8 Å². The molecular weight excluding hydrogens is 586 g/mol. The minimum atomic E-state index is -0.459. The van der Waals surface area contributed by atoms with Crippen molar-refractivity contribution in [1.29, 1.82) is 0 Å². The molecule has 0 unspecified atom stereocenters. The fourth-order valence-corrected chi connectivity index (χ4v) is 5.04. The number of rotatable bonds is 17. The van der Waals surface area contributed by atoms with Crippen molar-refractivity contribution in [1.82, 2.24) is 5.32 Å². The Balaban J connectivity index is 0.000000292. The molecule has 2 aliphatic rings. The second-order valence-electron chi connectivity index (χ2n) is 12.4. The maximum absolute atomic E-state index is 12.1. The molecule has 2 aliphatic carbocycles. The van der Waals surface area contributed by atoms with Crippen LogP contribution >= 0.6 is 0 Å². The van der Waals surface area contributed by atoms with E-state index in [1.165, 1.54) is 52.7 Å². The van der Waals surface area contributed by atoms with Crippen LogP contribution in [0.3, 0.4) is 0 Å². The molecule has 1 N–H and O–H groups in total. The molecule has 254 valence electrons. The molecule has 0 spiro atoms. The van der Waals surface area contributed by atoms with Crippen molar-refractivity contribution in [2.75, 3.05) is 66.0 Å². The van der Waals surface area contributed by atoms with Gasteiger partial charge in [0.05, 0.1) is 39.6 Å². The van der Waals surface area contributed by atoms with E-state index >= 15 is 0 Å². The van der Waals surface area contributed by atoms with Crippen LogP contribution in [0.15, 0.2) is 59.7 Å². The Labute approximate surface area is 274 Å². The zero-order valence-corrected chi connectivity index (χ0v) is 28.4. The summed E-state index contributed by atoms with van der Waals surface area (Å²) in [5, 5.41) is 2.61. The van der Waals surface area contributed by atoms with Gasteiger partial charge < -0.3 is 33.7 Å². The van der Waals surface area contributed by atoms with Gasteiger partial charge in [0.15, 0.2) is 0 Å². The SMILES string of the molecule is CC(COCCOCC(=O)OCC1c2ccccc2-c2ccccc21)=C1CCC1.CCCOCCOCCNC(=O)OC(C)(C)C. The fourth-order valence-electron chi connectivity index (χ4n) is 5.04. The molecule has 0 saturated heterocycles. The first-order chi connectivity index (χ1) is 22.2. The molecule has 9 nitrogen and oxygen atoms in total. The summed E-state index contributed by atoms with van der Waals surface area (Å²) in [6.07, 6.45) is 4.33. The van der Waals surface area contributed by atoms with E-state index in [2.05, 4.69) is 43.4 Å². The van der Waals surface area contributed by atoms with Gasteiger partial charge in [-0.3, -0.25) is 0 Å². The average Bonchev–Trinajstić information content (AvgIpc) is 3.31. The first-order valence-electron chi connectivity index (χ1n) is 16.5. The van der Waals surface area contributed by atoms with E-state index in [0.717, 1.165) is 13.0 Å². The molecule has 1 amide bonds. The lowest BCUT2D eigenvalue weighted by atomic mass is 9.89. The number of carbonyl (C=O) groups is 2. The number of ether oxygens (including phenoxy) is 6. The van der Waals surface area contributed by atoms with Gasteiger partial charge in [-0.15, -0.1) is 0 Å². The van der Waals surface area contributed by atoms with E-state index in [9.17, 15) is 9.59 Å². The van der Waals surface area contributed by atoms with Crippen molar-refractivity contribution >= 4 is 12.1 Å². The quantitative estimate of drug-likeness (QED) is 0.114. The van der Waals surface area contributed by atoms with E-state index in [1.807, 2.05) is 45.0 Å². The highest BCUT2D eigenvalue weighted by molar-refractivity contribution is 5.79. The Morgan fingerprint density at radius 2 is 1.35 bits per heavy atom.